The van der Waals surface area contributed by atoms with Gasteiger partial charge in [-0.1, -0.05) is 13.0 Å². The molecule has 0 radical (unpaired) electrons. The van der Waals surface area contributed by atoms with Crippen molar-refractivity contribution in [2.75, 3.05) is 20.2 Å². The molecule has 3 rings (SSSR count). The van der Waals surface area contributed by atoms with Crippen LogP contribution in [0.15, 0.2) is 36.4 Å². The normalized spacial score (nSPS) is 16.6. The summed E-state index contributed by atoms with van der Waals surface area (Å²) in [5.41, 5.74) is 2.75. The molecule has 2 aromatic carbocycles. The Bertz CT molecular complexity index is 841. The zero-order chi connectivity index (χ0) is 20.1. The van der Waals surface area contributed by atoms with Crippen molar-refractivity contribution in [3.05, 3.63) is 58.9 Å². The molecule has 0 bridgehead atoms. The van der Waals surface area contributed by atoms with Crippen molar-refractivity contribution >= 4 is 5.91 Å². The third-order valence-corrected chi connectivity index (χ3v) is 5.03. The summed E-state index contributed by atoms with van der Waals surface area (Å²) in [6.07, 6.45) is 0.874. The molecule has 0 aliphatic carbocycles. The number of nitrogens with zero attached hydrogens (tertiary/aromatic N) is 1. The summed E-state index contributed by atoms with van der Waals surface area (Å²) in [5.74, 6) is 1.22. The molecular formula is C22H27FN2O3. The van der Waals surface area contributed by atoms with Crippen molar-refractivity contribution in [2.24, 2.45) is 0 Å². The highest BCUT2D eigenvalue weighted by atomic mass is 19.1. The number of benzene rings is 2. The Hall–Kier alpha value is -2.60. The molecule has 150 valence electrons. The van der Waals surface area contributed by atoms with E-state index in [1.165, 1.54) is 12.1 Å². The van der Waals surface area contributed by atoms with Crippen LogP contribution in [0.3, 0.4) is 0 Å². The molecule has 0 saturated heterocycles. The molecule has 1 heterocycles. The Morgan fingerprint density at radius 1 is 1.32 bits per heavy atom. The average molecular weight is 386 g/mol. The minimum Gasteiger partial charge on any atom is -0.497 e. The fourth-order valence-electron chi connectivity index (χ4n) is 3.35. The van der Waals surface area contributed by atoms with Gasteiger partial charge in [-0.15, -0.1) is 0 Å². The van der Waals surface area contributed by atoms with Crippen LogP contribution in [-0.4, -0.2) is 37.1 Å². The van der Waals surface area contributed by atoms with E-state index in [1.807, 2.05) is 25.1 Å². The van der Waals surface area contributed by atoms with Crippen molar-refractivity contribution in [2.45, 2.75) is 39.5 Å². The maximum absolute atomic E-state index is 13.4. The third-order valence-electron chi connectivity index (χ3n) is 5.03. The summed E-state index contributed by atoms with van der Waals surface area (Å²) in [6, 6.07) is 10.4. The van der Waals surface area contributed by atoms with Crippen LogP contribution in [0.2, 0.25) is 0 Å². The van der Waals surface area contributed by atoms with Gasteiger partial charge in [-0.3, -0.25) is 9.69 Å². The van der Waals surface area contributed by atoms with E-state index in [2.05, 4.69) is 17.1 Å². The number of carbonyl (C=O) groups is 1. The van der Waals surface area contributed by atoms with Gasteiger partial charge in [-0.05, 0) is 54.8 Å². The van der Waals surface area contributed by atoms with Crippen LogP contribution in [0.4, 0.5) is 4.39 Å². The largest absolute Gasteiger partial charge is 0.497 e. The van der Waals surface area contributed by atoms with Crippen LogP contribution in [0.5, 0.6) is 11.5 Å². The molecule has 0 spiro atoms. The van der Waals surface area contributed by atoms with E-state index < -0.39 is 0 Å². The van der Waals surface area contributed by atoms with Gasteiger partial charge >= 0.3 is 0 Å². The first kappa shape index (κ1) is 20.1. The minimum absolute atomic E-state index is 0.0212. The maximum atomic E-state index is 13.4. The zero-order valence-electron chi connectivity index (χ0n) is 16.6. The molecule has 6 heteroatoms. The van der Waals surface area contributed by atoms with Gasteiger partial charge in [0.1, 0.15) is 23.4 Å². The minimum atomic E-state index is -0.296. The Kier molecular flexibility index (Phi) is 6.52. The van der Waals surface area contributed by atoms with Crippen molar-refractivity contribution in [1.29, 1.82) is 0 Å². The number of fused-ring (bicyclic) bond motifs is 1. The van der Waals surface area contributed by atoms with Crippen molar-refractivity contribution < 1.29 is 18.7 Å². The van der Waals surface area contributed by atoms with E-state index >= 15 is 0 Å². The smallest absolute Gasteiger partial charge is 0.234 e. The number of halogens is 1. The Morgan fingerprint density at radius 3 is 2.89 bits per heavy atom. The number of ether oxygens (including phenoxy) is 2. The molecule has 1 atom stereocenters. The first-order valence-corrected chi connectivity index (χ1v) is 9.56. The van der Waals surface area contributed by atoms with E-state index in [1.54, 1.807) is 13.2 Å². The number of carbonyl (C=O) groups excluding carboxylic acids is 1. The number of aryl methyl sites for hydroxylation is 1. The van der Waals surface area contributed by atoms with Crippen molar-refractivity contribution in [1.82, 2.24) is 10.2 Å². The van der Waals surface area contributed by atoms with E-state index in [4.69, 9.17) is 9.47 Å². The molecule has 2 aromatic rings. The molecular weight excluding hydrogens is 359 g/mol. The highest BCUT2D eigenvalue weighted by Crippen LogP contribution is 2.29. The standard InChI is InChI=1S/C22H27FN2O3/c1-4-19-13-25(12-17-10-20(27-3)7-8-21(17)28-19)14-22(26)24-11-16-9-18(23)6-5-15(16)2/h5-10,19H,4,11-14H2,1-3H3,(H,24,26). The molecule has 1 unspecified atom stereocenters. The highest BCUT2D eigenvalue weighted by molar-refractivity contribution is 5.78. The lowest BCUT2D eigenvalue weighted by Crippen LogP contribution is -2.40. The monoisotopic (exact) mass is 386 g/mol. The van der Waals surface area contributed by atoms with Gasteiger partial charge in [-0.25, -0.2) is 4.39 Å². The van der Waals surface area contributed by atoms with Crippen molar-refractivity contribution in [3.8, 4) is 11.5 Å². The highest BCUT2D eigenvalue weighted by Gasteiger charge is 2.23. The van der Waals surface area contributed by atoms with Gasteiger partial charge in [0.15, 0.2) is 0 Å². The first-order chi connectivity index (χ1) is 13.5. The summed E-state index contributed by atoms with van der Waals surface area (Å²) in [4.78, 5) is 14.6. The topological polar surface area (TPSA) is 50.8 Å². The molecule has 1 aliphatic rings. The van der Waals surface area contributed by atoms with Crippen LogP contribution >= 0.6 is 0 Å². The summed E-state index contributed by atoms with van der Waals surface area (Å²) >= 11 is 0. The van der Waals surface area contributed by atoms with E-state index in [0.717, 1.165) is 34.6 Å². The van der Waals surface area contributed by atoms with Gasteiger partial charge in [0.2, 0.25) is 5.91 Å². The van der Waals surface area contributed by atoms with Gasteiger partial charge in [0.05, 0.1) is 13.7 Å². The Labute approximate surface area is 165 Å². The molecule has 0 saturated carbocycles. The SMILES string of the molecule is CCC1CN(CC(=O)NCc2cc(F)ccc2C)Cc2cc(OC)ccc2O1. The van der Waals surface area contributed by atoms with E-state index in [9.17, 15) is 9.18 Å². The number of rotatable bonds is 6. The zero-order valence-corrected chi connectivity index (χ0v) is 16.6. The fourth-order valence-corrected chi connectivity index (χ4v) is 3.35. The molecule has 0 aromatic heterocycles. The molecule has 1 amide bonds. The van der Waals surface area contributed by atoms with Crippen LogP contribution in [0, 0.1) is 12.7 Å². The van der Waals surface area contributed by atoms with Crippen molar-refractivity contribution in [3.63, 3.8) is 0 Å². The summed E-state index contributed by atoms with van der Waals surface area (Å²) in [7, 11) is 1.63. The van der Waals surface area contributed by atoms with Crippen LogP contribution in [0.25, 0.3) is 0 Å². The second-order valence-corrected chi connectivity index (χ2v) is 7.14. The lowest BCUT2D eigenvalue weighted by Gasteiger charge is -2.22. The molecule has 0 fully saturated rings. The first-order valence-electron chi connectivity index (χ1n) is 9.56. The lowest BCUT2D eigenvalue weighted by molar-refractivity contribution is -0.122. The van der Waals surface area contributed by atoms with Gasteiger partial charge in [-0.2, -0.15) is 0 Å². The molecule has 1 aliphatic heterocycles. The predicted octanol–water partition coefficient (Wildman–Crippen LogP) is 3.43. The van der Waals surface area contributed by atoms with E-state index in [0.29, 0.717) is 19.6 Å². The predicted molar refractivity (Wildman–Crippen MR) is 106 cm³/mol. The number of hydrogen-bond donors (Lipinski definition) is 1. The molecule has 1 N–H and O–H groups in total. The summed E-state index contributed by atoms with van der Waals surface area (Å²) in [5, 5.41) is 2.90. The number of nitrogens with one attached hydrogen (secondary N) is 1. The van der Waals surface area contributed by atoms with E-state index in [-0.39, 0.29) is 24.4 Å². The molecule has 28 heavy (non-hydrogen) atoms. The average Bonchev–Trinajstić information content (AvgIpc) is 2.86. The second-order valence-electron chi connectivity index (χ2n) is 7.14. The number of amides is 1. The quantitative estimate of drug-likeness (QED) is 0.826. The second kappa shape index (κ2) is 9.06. The van der Waals surface area contributed by atoms with Gasteiger partial charge < -0.3 is 14.8 Å². The summed E-state index contributed by atoms with van der Waals surface area (Å²) < 4.78 is 24.8. The van der Waals surface area contributed by atoms with Crippen LogP contribution in [-0.2, 0) is 17.9 Å². The Morgan fingerprint density at radius 2 is 2.14 bits per heavy atom. The number of hydrogen-bond acceptors (Lipinski definition) is 4. The van der Waals surface area contributed by atoms with Gasteiger partial charge in [0.25, 0.3) is 0 Å². The van der Waals surface area contributed by atoms with Gasteiger partial charge in [0, 0.05) is 25.2 Å². The van der Waals surface area contributed by atoms with Crippen LogP contribution < -0.4 is 14.8 Å². The van der Waals surface area contributed by atoms with Crippen LogP contribution in [0.1, 0.15) is 30.0 Å². The summed E-state index contributed by atoms with van der Waals surface area (Å²) in [6.45, 7) is 5.82. The molecule has 5 nitrogen and oxygen atoms in total. The lowest BCUT2D eigenvalue weighted by atomic mass is 10.1. The maximum Gasteiger partial charge on any atom is 0.234 e. The number of methoxy groups -OCH3 is 1. The fraction of sp³-hybridized carbons (Fsp3) is 0.409. The third kappa shape index (κ3) is 5.01. The Balaban J connectivity index is 1.66.